The smallest absolute Gasteiger partial charge is 0.266 e. The summed E-state index contributed by atoms with van der Waals surface area (Å²) in [5.74, 6) is 0. The Balaban J connectivity index is 1.87. The molecule has 1 N–H and O–H groups in total. The summed E-state index contributed by atoms with van der Waals surface area (Å²) in [6, 6.07) is 1.62. The van der Waals surface area contributed by atoms with Crippen LogP contribution >= 0.6 is 0 Å². The number of H-pyrrole nitrogens is 1. The van der Waals surface area contributed by atoms with E-state index in [1.54, 1.807) is 10.7 Å². The number of aromatic amines is 1. The van der Waals surface area contributed by atoms with E-state index in [-0.39, 0.29) is 5.56 Å². The van der Waals surface area contributed by atoms with Gasteiger partial charge in [-0.1, -0.05) is 0 Å². The third-order valence-corrected chi connectivity index (χ3v) is 2.66. The molecule has 1 fully saturated rings. The molecule has 0 amide bonds. The predicted molar refractivity (Wildman–Crippen MR) is 57.0 cm³/mol. The van der Waals surface area contributed by atoms with Gasteiger partial charge in [-0.25, -0.2) is 0 Å². The number of nitrogens with one attached hydrogen (secondary N) is 1. The highest BCUT2D eigenvalue weighted by Crippen LogP contribution is 1.96. The van der Waals surface area contributed by atoms with Gasteiger partial charge < -0.3 is 4.74 Å². The molecule has 84 valence electrons. The number of aromatic nitrogens is 2. The molecule has 0 saturated carbocycles. The summed E-state index contributed by atoms with van der Waals surface area (Å²) in [5.41, 5.74) is 0.975. The van der Waals surface area contributed by atoms with Crippen molar-refractivity contribution in [2.45, 2.75) is 13.5 Å². The van der Waals surface area contributed by atoms with Crippen LogP contribution in [0.2, 0.25) is 0 Å². The molecule has 0 bridgehead atoms. The van der Waals surface area contributed by atoms with Gasteiger partial charge in [0.1, 0.15) is 0 Å². The van der Waals surface area contributed by atoms with E-state index in [9.17, 15) is 4.79 Å². The molecule has 15 heavy (non-hydrogen) atoms. The molecular weight excluding hydrogens is 194 g/mol. The Morgan fingerprint density at radius 2 is 2.13 bits per heavy atom. The molecule has 0 aromatic carbocycles. The van der Waals surface area contributed by atoms with E-state index in [2.05, 4.69) is 10.00 Å². The highest BCUT2D eigenvalue weighted by molar-refractivity contribution is 4.95. The number of hydrogen-bond acceptors (Lipinski definition) is 3. The van der Waals surface area contributed by atoms with Crippen LogP contribution in [-0.2, 0) is 11.3 Å². The lowest BCUT2D eigenvalue weighted by Crippen LogP contribution is -2.39. The first-order valence-corrected chi connectivity index (χ1v) is 5.32. The summed E-state index contributed by atoms with van der Waals surface area (Å²) < 4.78 is 6.92. The Morgan fingerprint density at radius 3 is 2.73 bits per heavy atom. The molecular formula is C10H17N3O2. The maximum atomic E-state index is 11.4. The topological polar surface area (TPSA) is 50.3 Å². The first-order valence-electron chi connectivity index (χ1n) is 5.32. The molecule has 0 radical (unpaired) electrons. The number of ether oxygens (including phenoxy) is 1. The summed E-state index contributed by atoms with van der Waals surface area (Å²) in [5, 5.41) is 3.03. The third kappa shape index (κ3) is 2.70. The van der Waals surface area contributed by atoms with E-state index in [1.807, 2.05) is 6.92 Å². The van der Waals surface area contributed by atoms with Gasteiger partial charge in [0.25, 0.3) is 5.56 Å². The molecule has 2 heterocycles. The molecule has 5 heteroatoms. The Labute approximate surface area is 88.6 Å². The number of nitrogens with zero attached hydrogens (tertiary/aromatic N) is 2. The van der Waals surface area contributed by atoms with Crippen LogP contribution in [0.25, 0.3) is 0 Å². The van der Waals surface area contributed by atoms with Crippen molar-refractivity contribution in [3.05, 3.63) is 22.1 Å². The van der Waals surface area contributed by atoms with E-state index in [0.717, 1.165) is 45.1 Å². The zero-order valence-electron chi connectivity index (χ0n) is 9.03. The van der Waals surface area contributed by atoms with Crippen molar-refractivity contribution in [1.29, 1.82) is 0 Å². The molecule has 0 spiro atoms. The van der Waals surface area contributed by atoms with Crippen molar-refractivity contribution < 1.29 is 4.74 Å². The lowest BCUT2D eigenvalue weighted by molar-refractivity contribution is 0.0358. The Kier molecular flexibility index (Phi) is 3.23. The lowest BCUT2D eigenvalue weighted by atomic mass is 10.4. The highest BCUT2D eigenvalue weighted by Gasteiger charge is 2.10. The van der Waals surface area contributed by atoms with E-state index in [0.29, 0.717) is 0 Å². The molecule has 1 aromatic heterocycles. The molecule has 1 saturated heterocycles. The summed E-state index contributed by atoms with van der Waals surface area (Å²) in [7, 11) is 0. The highest BCUT2D eigenvalue weighted by atomic mass is 16.5. The van der Waals surface area contributed by atoms with Crippen molar-refractivity contribution in [1.82, 2.24) is 14.7 Å². The quantitative estimate of drug-likeness (QED) is 0.754. The molecule has 0 atom stereocenters. The Morgan fingerprint density at radius 1 is 1.40 bits per heavy atom. The molecule has 1 aromatic rings. The minimum atomic E-state index is 0.0563. The van der Waals surface area contributed by atoms with Crippen LogP contribution in [0, 0.1) is 6.92 Å². The minimum Gasteiger partial charge on any atom is -0.379 e. The zero-order chi connectivity index (χ0) is 10.7. The molecule has 0 aliphatic carbocycles. The van der Waals surface area contributed by atoms with Gasteiger partial charge >= 0.3 is 0 Å². The molecule has 2 rings (SSSR count). The van der Waals surface area contributed by atoms with Gasteiger partial charge in [-0.15, -0.1) is 0 Å². The SMILES string of the molecule is Cc1cc(=O)n(CCN2CCOCC2)[nH]1. The summed E-state index contributed by atoms with van der Waals surface area (Å²) in [6.45, 7) is 7.07. The van der Waals surface area contributed by atoms with Gasteiger partial charge in [0.15, 0.2) is 0 Å². The van der Waals surface area contributed by atoms with E-state index in [4.69, 9.17) is 4.74 Å². The van der Waals surface area contributed by atoms with Gasteiger partial charge in [0.2, 0.25) is 0 Å². The second-order valence-electron chi connectivity index (χ2n) is 3.88. The minimum absolute atomic E-state index is 0.0563. The van der Waals surface area contributed by atoms with E-state index >= 15 is 0 Å². The number of morpholine rings is 1. The third-order valence-electron chi connectivity index (χ3n) is 2.66. The molecule has 5 nitrogen and oxygen atoms in total. The first-order chi connectivity index (χ1) is 7.25. The van der Waals surface area contributed by atoms with Crippen LogP contribution in [0.15, 0.2) is 10.9 Å². The van der Waals surface area contributed by atoms with Crippen molar-refractivity contribution in [2.24, 2.45) is 0 Å². The van der Waals surface area contributed by atoms with Gasteiger partial charge in [-0.3, -0.25) is 19.5 Å². The monoisotopic (exact) mass is 211 g/mol. The fourth-order valence-corrected chi connectivity index (χ4v) is 1.80. The normalized spacial score (nSPS) is 18.2. The maximum Gasteiger partial charge on any atom is 0.266 e. The second kappa shape index (κ2) is 4.63. The van der Waals surface area contributed by atoms with Gasteiger partial charge in [0.05, 0.1) is 19.8 Å². The fraction of sp³-hybridized carbons (Fsp3) is 0.700. The average Bonchev–Trinajstić information content (AvgIpc) is 2.56. The first kappa shape index (κ1) is 10.4. The zero-order valence-corrected chi connectivity index (χ0v) is 9.03. The second-order valence-corrected chi connectivity index (χ2v) is 3.88. The van der Waals surface area contributed by atoms with Gasteiger partial charge in [-0.05, 0) is 6.92 Å². The average molecular weight is 211 g/mol. The van der Waals surface area contributed by atoms with Crippen molar-refractivity contribution >= 4 is 0 Å². The van der Waals surface area contributed by atoms with Crippen LogP contribution in [0.1, 0.15) is 5.69 Å². The van der Waals surface area contributed by atoms with Crippen molar-refractivity contribution in [3.63, 3.8) is 0 Å². The molecule has 1 aliphatic heterocycles. The van der Waals surface area contributed by atoms with Crippen molar-refractivity contribution in [2.75, 3.05) is 32.8 Å². The van der Waals surface area contributed by atoms with E-state index < -0.39 is 0 Å². The Hall–Kier alpha value is -1.07. The maximum absolute atomic E-state index is 11.4. The van der Waals surface area contributed by atoms with Crippen LogP contribution in [0.4, 0.5) is 0 Å². The summed E-state index contributed by atoms with van der Waals surface area (Å²) >= 11 is 0. The van der Waals surface area contributed by atoms with Crippen molar-refractivity contribution in [3.8, 4) is 0 Å². The van der Waals surface area contributed by atoms with E-state index in [1.165, 1.54) is 0 Å². The predicted octanol–water partition coefficient (Wildman–Crippen LogP) is -0.183. The van der Waals surface area contributed by atoms with Crippen LogP contribution in [0.3, 0.4) is 0 Å². The molecule has 1 aliphatic rings. The lowest BCUT2D eigenvalue weighted by Gasteiger charge is -2.26. The van der Waals surface area contributed by atoms with Crippen LogP contribution in [-0.4, -0.2) is 47.5 Å². The van der Waals surface area contributed by atoms with Gasteiger partial charge in [0, 0.05) is 31.4 Å². The fourth-order valence-electron chi connectivity index (χ4n) is 1.80. The largest absolute Gasteiger partial charge is 0.379 e. The summed E-state index contributed by atoms with van der Waals surface area (Å²) in [4.78, 5) is 13.7. The number of rotatable bonds is 3. The number of hydrogen-bond donors (Lipinski definition) is 1. The summed E-state index contributed by atoms with van der Waals surface area (Å²) in [6.07, 6.45) is 0. The van der Waals surface area contributed by atoms with Crippen LogP contribution < -0.4 is 5.56 Å². The van der Waals surface area contributed by atoms with Gasteiger partial charge in [-0.2, -0.15) is 0 Å². The number of aryl methyl sites for hydroxylation is 1. The Bertz CT molecular complexity index is 363. The standard InChI is InChI=1S/C10H17N3O2/c1-9-8-10(14)13(11-9)3-2-12-4-6-15-7-5-12/h8,11H,2-7H2,1H3. The molecule has 0 unspecified atom stereocenters. The van der Waals surface area contributed by atoms with Crippen LogP contribution in [0.5, 0.6) is 0 Å².